The number of thioether (sulfide) groups is 1. The van der Waals surface area contributed by atoms with E-state index in [4.69, 9.17) is 5.73 Å². The molecule has 1 aliphatic heterocycles. The molecule has 5 nitrogen and oxygen atoms in total. The molecule has 20 heavy (non-hydrogen) atoms. The number of likely N-dealkylation sites (tertiary alicyclic amines) is 1. The lowest BCUT2D eigenvalue weighted by molar-refractivity contribution is -0.144. The Balaban J connectivity index is 2.90. The summed E-state index contributed by atoms with van der Waals surface area (Å²) in [5, 5.41) is 9.84. The maximum atomic E-state index is 12.5. The monoisotopic (exact) mass is 302 g/mol. The summed E-state index contributed by atoms with van der Waals surface area (Å²) in [4.78, 5) is 25.9. The highest BCUT2D eigenvalue weighted by Crippen LogP contribution is 2.36. The molecule has 0 saturated carbocycles. The van der Waals surface area contributed by atoms with E-state index in [0.29, 0.717) is 6.42 Å². The zero-order valence-corrected chi connectivity index (χ0v) is 13.7. The molecule has 1 fully saturated rings. The minimum absolute atomic E-state index is 0.0483. The van der Waals surface area contributed by atoms with Crippen molar-refractivity contribution in [3.63, 3.8) is 0 Å². The topological polar surface area (TPSA) is 83.6 Å². The molecule has 116 valence electrons. The second-order valence-corrected chi connectivity index (χ2v) is 8.52. The standard InChI is InChI=1S/C14H26N2O3S/c1-8(2)12(18)9(7-15)16-11(17)6-10(13(16)19)20-14(3,4)5/h8-11,17H,6-7,15H2,1-5H3. The molecule has 3 atom stereocenters. The van der Waals surface area contributed by atoms with Gasteiger partial charge < -0.3 is 15.7 Å². The molecule has 1 saturated heterocycles. The highest BCUT2D eigenvalue weighted by molar-refractivity contribution is 8.01. The van der Waals surface area contributed by atoms with Crippen molar-refractivity contribution in [2.24, 2.45) is 11.7 Å². The summed E-state index contributed by atoms with van der Waals surface area (Å²) in [5.74, 6) is -0.485. The highest BCUT2D eigenvalue weighted by atomic mass is 32.2. The molecule has 1 heterocycles. The van der Waals surface area contributed by atoms with Crippen molar-refractivity contribution in [3.05, 3.63) is 0 Å². The van der Waals surface area contributed by atoms with Crippen LogP contribution in [0.3, 0.4) is 0 Å². The van der Waals surface area contributed by atoms with Gasteiger partial charge in [0.15, 0.2) is 5.78 Å². The predicted molar refractivity (Wildman–Crippen MR) is 81.3 cm³/mol. The Morgan fingerprint density at radius 3 is 2.45 bits per heavy atom. The molecule has 3 unspecified atom stereocenters. The first-order valence-electron chi connectivity index (χ1n) is 7.00. The van der Waals surface area contributed by atoms with Gasteiger partial charge in [0.25, 0.3) is 0 Å². The number of aliphatic hydroxyl groups excluding tert-OH is 1. The molecule has 0 bridgehead atoms. The van der Waals surface area contributed by atoms with Crippen molar-refractivity contribution < 1.29 is 14.7 Å². The quantitative estimate of drug-likeness (QED) is 0.791. The Hall–Kier alpha value is -0.590. The summed E-state index contributed by atoms with van der Waals surface area (Å²) >= 11 is 1.52. The number of hydrogen-bond donors (Lipinski definition) is 2. The van der Waals surface area contributed by atoms with Crippen LogP contribution < -0.4 is 5.73 Å². The maximum Gasteiger partial charge on any atom is 0.238 e. The molecule has 0 aromatic carbocycles. The summed E-state index contributed by atoms with van der Waals surface area (Å²) in [6.07, 6.45) is -0.568. The molecule has 1 amide bonds. The zero-order chi connectivity index (χ0) is 15.7. The molecule has 0 radical (unpaired) electrons. The van der Waals surface area contributed by atoms with Gasteiger partial charge in [-0.15, -0.1) is 11.8 Å². The second kappa shape index (κ2) is 6.45. The van der Waals surface area contributed by atoms with Gasteiger partial charge in [-0.25, -0.2) is 0 Å². The number of carbonyl (C=O) groups excluding carboxylic acids is 2. The normalized spacial score (nSPS) is 25.4. The van der Waals surface area contributed by atoms with E-state index in [0.717, 1.165) is 0 Å². The number of carbonyl (C=O) groups is 2. The van der Waals surface area contributed by atoms with E-state index in [1.54, 1.807) is 13.8 Å². The fourth-order valence-electron chi connectivity index (χ4n) is 2.36. The Labute approximate surface area is 125 Å². The van der Waals surface area contributed by atoms with Crippen LogP contribution in [0.4, 0.5) is 0 Å². The van der Waals surface area contributed by atoms with Crippen LogP contribution in [0, 0.1) is 5.92 Å². The molecule has 3 N–H and O–H groups in total. The van der Waals surface area contributed by atoms with E-state index in [-0.39, 0.29) is 34.2 Å². The van der Waals surface area contributed by atoms with Crippen LogP contribution in [0.5, 0.6) is 0 Å². The summed E-state index contributed by atoms with van der Waals surface area (Å²) < 4.78 is -0.0731. The lowest BCUT2D eigenvalue weighted by atomic mass is 10.0. The summed E-state index contributed by atoms with van der Waals surface area (Å²) in [6.45, 7) is 9.68. The molecular weight excluding hydrogens is 276 g/mol. The molecule has 1 rings (SSSR count). The van der Waals surface area contributed by atoms with E-state index in [1.165, 1.54) is 16.7 Å². The molecule has 0 spiro atoms. The van der Waals surface area contributed by atoms with Gasteiger partial charge in [0.2, 0.25) is 5.91 Å². The number of nitrogens with two attached hydrogens (primary N) is 1. The minimum Gasteiger partial charge on any atom is -0.373 e. The van der Waals surface area contributed by atoms with Gasteiger partial charge in [-0.05, 0) is 0 Å². The summed E-state index contributed by atoms with van der Waals surface area (Å²) in [7, 11) is 0. The first kappa shape index (κ1) is 17.5. The van der Waals surface area contributed by atoms with Crippen LogP contribution in [0.2, 0.25) is 0 Å². The average Bonchev–Trinajstić information content (AvgIpc) is 2.55. The van der Waals surface area contributed by atoms with Crippen molar-refractivity contribution in [3.8, 4) is 0 Å². The van der Waals surface area contributed by atoms with Gasteiger partial charge >= 0.3 is 0 Å². The van der Waals surface area contributed by atoms with Crippen LogP contribution in [-0.2, 0) is 9.59 Å². The number of nitrogens with zero attached hydrogens (tertiary/aromatic N) is 1. The molecule has 0 aromatic heterocycles. The molecule has 0 aromatic rings. The number of ketones is 1. The molecular formula is C14H26N2O3S. The fraction of sp³-hybridized carbons (Fsp3) is 0.857. The lowest BCUT2D eigenvalue weighted by Crippen LogP contribution is -2.52. The number of rotatable bonds is 5. The Morgan fingerprint density at radius 1 is 1.50 bits per heavy atom. The van der Waals surface area contributed by atoms with Crippen LogP contribution in [0.15, 0.2) is 0 Å². The van der Waals surface area contributed by atoms with Gasteiger partial charge in [0, 0.05) is 23.6 Å². The Bertz CT molecular complexity index is 379. The van der Waals surface area contributed by atoms with Crippen LogP contribution in [0.1, 0.15) is 41.0 Å². The van der Waals surface area contributed by atoms with Crippen LogP contribution in [-0.4, -0.2) is 50.5 Å². The maximum absolute atomic E-state index is 12.5. The summed E-state index contributed by atoms with van der Waals surface area (Å²) in [6, 6.07) is -0.719. The predicted octanol–water partition coefficient (Wildman–Crippen LogP) is 0.990. The van der Waals surface area contributed by atoms with Gasteiger partial charge in [-0.1, -0.05) is 34.6 Å². The average molecular weight is 302 g/mol. The van der Waals surface area contributed by atoms with E-state index in [9.17, 15) is 14.7 Å². The van der Waals surface area contributed by atoms with Gasteiger partial charge in [-0.3, -0.25) is 9.59 Å². The van der Waals surface area contributed by atoms with Crippen molar-refractivity contribution in [2.75, 3.05) is 6.54 Å². The third kappa shape index (κ3) is 3.96. The minimum atomic E-state index is -0.918. The van der Waals surface area contributed by atoms with Gasteiger partial charge in [0.05, 0.1) is 5.25 Å². The largest absolute Gasteiger partial charge is 0.373 e. The second-order valence-electron chi connectivity index (χ2n) is 6.49. The van der Waals surface area contributed by atoms with Gasteiger partial charge in [-0.2, -0.15) is 0 Å². The highest BCUT2D eigenvalue weighted by Gasteiger charge is 2.45. The first-order chi connectivity index (χ1) is 9.08. The molecule has 0 aliphatic carbocycles. The van der Waals surface area contributed by atoms with Crippen molar-refractivity contribution >= 4 is 23.5 Å². The summed E-state index contributed by atoms with van der Waals surface area (Å²) in [5.41, 5.74) is 5.66. The number of aliphatic hydroxyl groups is 1. The van der Waals surface area contributed by atoms with Crippen molar-refractivity contribution in [1.82, 2.24) is 4.90 Å². The Kier molecular flexibility index (Phi) is 5.63. The number of amides is 1. The zero-order valence-electron chi connectivity index (χ0n) is 12.9. The smallest absolute Gasteiger partial charge is 0.238 e. The number of Topliss-reactive ketones (excluding diaryl/α,β-unsaturated/α-hetero) is 1. The third-order valence-electron chi connectivity index (χ3n) is 3.23. The van der Waals surface area contributed by atoms with E-state index in [1.807, 2.05) is 20.8 Å². The third-order valence-corrected chi connectivity index (χ3v) is 4.61. The van der Waals surface area contributed by atoms with Crippen LogP contribution >= 0.6 is 11.8 Å². The van der Waals surface area contributed by atoms with E-state index < -0.39 is 12.3 Å². The first-order valence-corrected chi connectivity index (χ1v) is 7.88. The van der Waals surface area contributed by atoms with E-state index >= 15 is 0 Å². The van der Waals surface area contributed by atoms with Crippen molar-refractivity contribution in [2.45, 2.75) is 63.3 Å². The van der Waals surface area contributed by atoms with E-state index in [2.05, 4.69) is 0 Å². The Morgan fingerprint density at radius 2 is 2.05 bits per heavy atom. The molecule has 1 aliphatic rings. The van der Waals surface area contributed by atoms with Crippen molar-refractivity contribution in [1.29, 1.82) is 0 Å². The van der Waals surface area contributed by atoms with Gasteiger partial charge in [0.1, 0.15) is 12.3 Å². The molecule has 6 heteroatoms. The fourth-order valence-corrected chi connectivity index (χ4v) is 3.70. The SMILES string of the molecule is CC(C)C(=O)C(CN)N1C(=O)C(SC(C)(C)C)CC1O. The van der Waals surface area contributed by atoms with Crippen LogP contribution in [0.25, 0.3) is 0 Å². The lowest BCUT2D eigenvalue weighted by Gasteiger charge is -2.30. The number of hydrogen-bond acceptors (Lipinski definition) is 5.